The van der Waals surface area contributed by atoms with Gasteiger partial charge < -0.3 is 10.1 Å². The van der Waals surface area contributed by atoms with Gasteiger partial charge in [0.25, 0.3) is 0 Å². The molecule has 2 aromatic rings. The second-order valence-corrected chi connectivity index (χ2v) is 6.88. The zero-order valence-corrected chi connectivity index (χ0v) is 16.5. The third-order valence-corrected chi connectivity index (χ3v) is 4.06. The highest BCUT2D eigenvalue weighted by atomic mass is 79.9. The van der Waals surface area contributed by atoms with Gasteiger partial charge in [-0.1, -0.05) is 41.9 Å². The number of carbonyl (C=O) groups is 2. The predicted octanol–water partition coefficient (Wildman–Crippen LogP) is 2.80. The molecule has 0 aliphatic heterocycles. The first-order chi connectivity index (χ1) is 12.4. The Morgan fingerprint density at radius 2 is 1.96 bits per heavy atom. The maximum absolute atomic E-state index is 12.4. The van der Waals surface area contributed by atoms with Gasteiger partial charge in [0.1, 0.15) is 12.4 Å². The van der Waals surface area contributed by atoms with Gasteiger partial charge in [0.05, 0.1) is 13.2 Å². The number of nitrogens with zero attached hydrogens (tertiary/aromatic N) is 3. The molecule has 0 saturated heterocycles. The second kappa shape index (κ2) is 9.33. The summed E-state index contributed by atoms with van der Waals surface area (Å²) in [5.41, 5.74) is 1.06. The van der Waals surface area contributed by atoms with Gasteiger partial charge in [-0.2, -0.15) is 0 Å². The number of hydrogen-bond donors (Lipinski definition) is 2. The van der Waals surface area contributed by atoms with Crippen LogP contribution in [0.5, 0.6) is 0 Å². The first-order valence-corrected chi connectivity index (χ1v) is 9.06. The summed E-state index contributed by atoms with van der Waals surface area (Å²) in [6.07, 6.45) is 0.913. The maximum atomic E-state index is 12.4. The summed E-state index contributed by atoms with van der Waals surface area (Å²) >= 11 is 3.39. The Morgan fingerprint density at radius 3 is 2.58 bits per heavy atom. The fraction of sp³-hybridized carbons (Fsp3) is 0.412. The zero-order chi connectivity index (χ0) is 19.1. The van der Waals surface area contributed by atoms with E-state index in [1.54, 1.807) is 17.9 Å². The molecule has 1 unspecified atom stereocenters. The third-order valence-electron chi connectivity index (χ3n) is 3.53. The molecule has 0 bridgehead atoms. The highest BCUT2D eigenvalue weighted by molar-refractivity contribution is 9.10. The van der Waals surface area contributed by atoms with Gasteiger partial charge >= 0.3 is 6.09 Å². The van der Waals surface area contributed by atoms with Gasteiger partial charge in [-0.25, -0.2) is 14.5 Å². The summed E-state index contributed by atoms with van der Waals surface area (Å²) in [5.74, 6) is -0.331. The van der Waals surface area contributed by atoms with E-state index in [9.17, 15) is 9.59 Å². The number of halogens is 1. The number of ether oxygens (including phenoxy) is 1. The highest BCUT2D eigenvalue weighted by Gasteiger charge is 2.25. The minimum absolute atomic E-state index is 0.121. The molecule has 1 aromatic heterocycles. The fourth-order valence-corrected chi connectivity index (χ4v) is 2.49. The van der Waals surface area contributed by atoms with Crippen LogP contribution in [0.4, 0.5) is 10.7 Å². The van der Waals surface area contributed by atoms with Gasteiger partial charge in [-0.05, 0) is 30.5 Å². The van der Waals surface area contributed by atoms with Crippen LogP contribution in [0.1, 0.15) is 26.3 Å². The Labute approximate surface area is 160 Å². The largest absolute Gasteiger partial charge is 0.450 e. The molecular weight excluding hydrogens is 402 g/mol. The summed E-state index contributed by atoms with van der Waals surface area (Å²) in [6.45, 7) is 6.13. The average molecular weight is 424 g/mol. The van der Waals surface area contributed by atoms with Crippen LogP contribution in [0.25, 0.3) is 0 Å². The number of amides is 2. The van der Waals surface area contributed by atoms with Crippen molar-refractivity contribution in [1.82, 2.24) is 20.1 Å². The van der Waals surface area contributed by atoms with Crippen molar-refractivity contribution in [2.75, 3.05) is 11.9 Å². The number of carbonyl (C=O) groups excluding carboxylic acids is 2. The van der Waals surface area contributed by atoms with Crippen LogP contribution in [-0.2, 0) is 16.1 Å². The highest BCUT2D eigenvalue weighted by Crippen LogP contribution is 2.12. The van der Waals surface area contributed by atoms with Crippen molar-refractivity contribution in [1.29, 1.82) is 0 Å². The lowest BCUT2D eigenvalue weighted by Gasteiger charge is -2.20. The van der Waals surface area contributed by atoms with Crippen molar-refractivity contribution in [2.24, 2.45) is 5.92 Å². The minimum Gasteiger partial charge on any atom is -0.450 e. The van der Waals surface area contributed by atoms with E-state index in [2.05, 4.69) is 36.6 Å². The van der Waals surface area contributed by atoms with E-state index in [-0.39, 0.29) is 18.5 Å². The molecule has 0 spiro atoms. The second-order valence-electron chi connectivity index (χ2n) is 5.97. The summed E-state index contributed by atoms with van der Waals surface area (Å²) < 4.78 is 7.46. The van der Waals surface area contributed by atoms with E-state index < -0.39 is 18.0 Å². The summed E-state index contributed by atoms with van der Waals surface area (Å²) in [4.78, 5) is 28.1. The van der Waals surface area contributed by atoms with E-state index in [0.29, 0.717) is 6.54 Å². The molecule has 26 heavy (non-hydrogen) atoms. The first-order valence-electron chi connectivity index (χ1n) is 8.27. The molecular formula is C17H22BrN5O3. The van der Waals surface area contributed by atoms with Crippen molar-refractivity contribution < 1.29 is 14.3 Å². The number of hydrogen-bond acceptors (Lipinski definition) is 5. The first kappa shape index (κ1) is 19.9. The molecule has 0 aliphatic rings. The molecule has 140 valence electrons. The molecule has 9 heteroatoms. The Hall–Kier alpha value is -2.42. The van der Waals surface area contributed by atoms with Crippen molar-refractivity contribution in [3.8, 4) is 0 Å². The standard InChI is InChI=1S/C17H22BrN5O3/c1-4-26-17(25)20-14(11(2)3)15(24)21-16-19-10-23(22-16)9-12-5-7-13(18)8-6-12/h5-8,10-11,14H,4,9H2,1-3H3,(H,20,25)(H,21,22,24). The van der Waals surface area contributed by atoms with Gasteiger partial charge in [-0.3, -0.25) is 10.1 Å². The van der Waals surface area contributed by atoms with E-state index >= 15 is 0 Å². The van der Waals surface area contributed by atoms with Crippen molar-refractivity contribution in [2.45, 2.75) is 33.4 Å². The van der Waals surface area contributed by atoms with Crippen LogP contribution in [-0.4, -0.2) is 39.4 Å². The molecule has 1 aromatic carbocycles. The molecule has 1 atom stereocenters. The van der Waals surface area contributed by atoms with Crippen LogP contribution in [0, 0.1) is 5.92 Å². The lowest BCUT2D eigenvalue weighted by atomic mass is 10.0. The molecule has 8 nitrogen and oxygen atoms in total. The van der Waals surface area contributed by atoms with Crippen molar-refractivity contribution in [3.63, 3.8) is 0 Å². The van der Waals surface area contributed by atoms with E-state index in [1.807, 2.05) is 38.1 Å². The monoisotopic (exact) mass is 423 g/mol. The Kier molecular flexibility index (Phi) is 7.14. The predicted molar refractivity (Wildman–Crippen MR) is 101 cm³/mol. The van der Waals surface area contributed by atoms with E-state index in [1.165, 1.54) is 0 Å². The molecule has 2 rings (SSSR count). The Morgan fingerprint density at radius 1 is 1.27 bits per heavy atom. The van der Waals surface area contributed by atoms with Gasteiger partial charge in [-0.15, -0.1) is 5.10 Å². The number of benzene rings is 1. The minimum atomic E-state index is -0.743. The third kappa shape index (κ3) is 5.83. The fourth-order valence-electron chi connectivity index (χ4n) is 2.23. The normalized spacial score (nSPS) is 11.9. The number of nitrogens with one attached hydrogen (secondary N) is 2. The van der Waals surface area contributed by atoms with Crippen LogP contribution in [0.2, 0.25) is 0 Å². The molecule has 0 aliphatic carbocycles. The molecule has 1 heterocycles. The lowest BCUT2D eigenvalue weighted by Crippen LogP contribution is -2.47. The summed E-state index contributed by atoms with van der Waals surface area (Å²) in [5, 5.41) is 9.42. The smallest absolute Gasteiger partial charge is 0.407 e. The molecule has 2 amide bonds. The number of alkyl carbamates (subject to hydrolysis) is 1. The molecule has 0 fully saturated rings. The average Bonchev–Trinajstić information content (AvgIpc) is 3.01. The maximum Gasteiger partial charge on any atom is 0.407 e. The molecule has 0 radical (unpaired) electrons. The van der Waals surface area contributed by atoms with Crippen LogP contribution in [0.3, 0.4) is 0 Å². The Bertz CT molecular complexity index is 745. The van der Waals surface area contributed by atoms with Crippen LogP contribution < -0.4 is 10.6 Å². The summed E-state index contributed by atoms with van der Waals surface area (Å²) in [6, 6.07) is 7.10. The van der Waals surface area contributed by atoms with Crippen molar-refractivity contribution in [3.05, 3.63) is 40.6 Å². The van der Waals surface area contributed by atoms with Crippen LogP contribution >= 0.6 is 15.9 Å². The van der Waals surface area contributed by atoms with E-state index in [4.69, 9.17) is 4.74 Å². The van der Waals surface area contributed by atoms with Crippen LogP contribution in [0.15, 0.2) is 35.1 Å². The lowest BCUT2D eigenvalue weighted by molar-refractivity contribution is -0.119. The van der Waals surface area contributed by atoms with Gasteiger partial charge in [0.15, 0.2) is 0 Å². The van der Waals surface area contributed by atoms with E-state index in [0.717, 1.165) is 10.0 Å². The topological polar surface area (TPSA) is 98.1 Å². The number of rotatable bonds is 7. The Balaban J connectivity index is 1.98. The number of anilines is 1. The quantitative estimate of drug-likeness (QED) is 0.713. The zero-order valence-electron chi connectivity index (χ0n) is 14.9. The molecule has 2 N–H and O–H groups in total. The van der Waals surface area contributed by atoms with Crippen molar-refractivity contribution >= 4 is 33.9 Å². The summed E-state index contributed by atoms with van der Waals surface area (Å²) in [7, 11) is 0. The number of aromatic nitrogens is 3. The van der Waals surface area contributed by atoms with Gasteiger partial charge in [0.2, 0.25) is 11.9 Å². The SMILES string of the molecule is CCOC(=O)NC(C(=O)Nc1ncn(Cc2ccc(Br)cc2)n1)C(C)C. The molecule has 0 saturated carbocycles. The van der Waals surface area contributed by atoms with Gasteiger partial charge in [0, 0.05) is 4.47 Å².